The van der Waals surface area contributed by atoms with Crippen molar-refractivity contribution in [3.8, 4) is 0 Å². The van der Waals surface area contributed by atoms with Gasteiger partial charge in [-0.2, -0.15) is 4.98 Å². The van der Waals surface area contributed by atoms with Gasteiger partial charge in [0.2, 0.25) is 5.95 Å². The molecule has 1 saturated heterocycles. The number of amides is 1. The molecule has 1 aromatic carbocycles. The molecule has 9 heteroatoms. The molecule has 0 unspecified atom stereocenters. The zero-order valence-electron chi connectivity index (χ0n) is 22.4. The van der Waals surface area contributed by atoms with Crippen LogP contribution >= 0.6 is 0 Å². The Hall–Kier alpha value is -2.75. The van der Waals surface area contributed by atoms with E-state index in [2.05, 4.69) is 61.8 Å². The summed E-state index contributed by atoms with van der Waals surface area (Å²) in [6.07, 6.45) is 7.68. The Morgan fingerprint density at radius 1 is 1.08 bits per heavy atom. The van der Waals surface area contributed by atoms with Gasteiger partial charge < -0.3 is 30.9 Å². The predicted octanol–water partition coefficient (Wildman–Crippen LogP) is 3.45. The molecule has 37 heavy (non-hydrogen) atoms. The van der Waals surface area contributed by atoms with Crippen molar-refractivity contribution in [2.75, 3.05) is 62.3 Å². The molecule has 1 saturated carbocycles. The maximum atomic E-state index is 13.2. The molecule has 4 rings (SSSR count). The van der Waals surface area contributed by atoms with Crippen LogP contribution in [0, 0.1) is 0 Å². The number of anilines is 3. The molecular weight excluding hydrogens is 466 g/mol. The first-order valence-electron chi connectivity index (χ1n) is 13.9. The van der Waals surface area contributed by atoms with Crippen molar-refractivity contribution in [1.29, 1.82) is 0 Å². The first-order chi connectivity index (χ1) is 18.0. The monoisotopic (exact) mass is 509 g/mol. The molecule has 4 N–H and O–H groups in total. The lowest BCUT2D eigenvalue weighted by molar-refractivity contribution is 0.102. The van der Waals surface area contributed by atoms with E-state index in [-0.39, 0.29) is 18.1 Å². The summed E-state index contributed by atoms with van der Waals surface area (Å²) < 4.78 is 0. The highest BCUT2D eigenvalue weighted by Crippen LogP contribution is 2.24. The Bertz CT molecular complexity index is 985. The average molecular weight is 510 g/mol. The molecule has 0 radical (unpaired) electrons. The predicted molar refractivity (Wildman–Crippen MR) is 149 cm³/mol. The van der Waals surface area contributed by atoms with Gasteiger partial charge in [-0.05, 0) is 63.3 Å². The number of aromatic nitrogens is 2. The summed E-state index contributed by atoms with van der Waals surface area (Å²) in [4.78, 5) is 27.2. The molecule has 0 atom stereocenters. The topological polar surface area (TPSA) is 106 Å². The van der Waals surface area contributed by atoms with Crippen LogP contribution in [0.15, 0.2) is 30.5 Å². The number of unbranched alkanes of at least 4 members (excludes halogenated alkanes) is 1. The molecule has 2 aromatic rings. The van der Waals surface area contributed by atoms with Crippen LogP contribution in [0.3, 0.4) is 0 Å². The van der Waals surface area contributed by atoms with E-state index >= 15 is 0 Å². The maximum absolute atomic E-state index is 13.2. The molecule has 202 valence electrons. The standard InChI is InChI=1S/C28H43N7O2/c1-3-4-14-29-28-30-20-25(26(33-28)31-22-9-11-24(36)12-10-22)27(37)32-23-7-5-21(6-8-23)13-15-35-18-16-34(2)17-19-35/h5-8,20,22,24,36H,3-4,9-19H2,1-2H3,(H,32,37)(H2,29,30,31,33). The lowest BCUT2D eigenvalue weighted by Gasteiger charge is -2.32. The summed E-state index contributed by atoms with van der Waals surface area (Å²) in [6, 6.07) is 8.29. The fourth-order valence-electron chi connectivity index (χ4n) is 4.85. The van der Waals surface area contributed by atoms with Crippen LogP contribution in [0.25, 0.3) is 0 Å². The molecule has 0 bridgehead atoms. The van der Waals surface area contributed by atoms with Gasteiger partial charge in [0, 0.05) is 57.2 Å². The number of carbonyl (C=O) groups is 1. The summed E-state index contributed by atoms with van der Waals surface area (Å²) in [5.41, 5.74) is 2.45. The van der Waals surface area contributed by atoms with Gasteiger partial charge in [0.1, 0.15) is 11.4 Å². The Balaban J connectivity index is 1.37. The van der Waals surface area contributed by atoms with Gasteiger partial charge >= 0.3 is 0 Å². The van der Waals surface area contributed by atoms with Crippen molar-refractivity contribution in [2.45, 2.75) is 64.0 Å². The molecule has 9 nitrogen and oxygen atoms in total. The first kappa shape index (κ1) is 27.3. The van der Waals surface area contributed by atoms with Crippen LogP contribution in [0.1, 0.15) is 61.4 Å². The summed E-state index contributed by atoms with van der Waals surface area (Å²) in [6.45, 7) is 8.49. The Morgan fingerprint density at radius 3 is 2.51 bits per heavy atom. The van der Waals surface area contributed by atoms with E-state index in [1.165, 1.54) is 5.56 Å². The third-order valence-electron chi connectivity index (χ3n) is 7.41. The van der Waals surface area contributed by atoms with E-state index in [4.69, 9.17) is 0 Å². The highest BCUT2D eigenvalue weighted by atomic mass is 16.3. The van der Waals surface area contributed by atoms with Gasteiger partial charge in [-0.3, -0.25) is 4.79 Å². The highest BCUT2D eigenvalue weighted by molar-refractivity contribution is 6.07. The van der Waals surface area contributed by atoms with Gasteiger partial charge in [0.15, 0.2) is 0 Å². The number of rotatable bonds is 11. The number of nitrogens with one attached hydrogen (secondary N) is 3. The van der Waals surface area contributed by atoms with E-state index in [1.807, 2.05) is 12.1 Å². The third kappa shape index (κ3) is 8.38. The average Bonchev–Trinajstić information content (AvgIpc) is 2.91. The molecule has 0 spiro atoms. The molecule has 2 heterocycles. The minimum atomic E-state index is -0.234. The number of carbonyl (C=O) groups excluding carboxylic acids is 1. The van der Waals surface area contributed by atoms with Gasteiger partial charge in [-0.15, -0.1) is 0 Å². The number of hydrogen-bond acceptors (Lipinski definition) is 8. The normalized spacial score (nSPS) is 20.9. The second kappa shape index (κ2) is 13.7. The van der Waals surface area contributed by atoms with Gasteiger partial charge in [0.25, 0.3) is 5.91 Å². The van der Waals surface area contributed by atoms with Crippen molar-refractivity contribution in [3.05, 3.63) is 41.6 Å². The smallest absolute Gasteiger partial charge is 0.260 e. The quantitative estimate of drug-likeness (QED) is 0.342. The molecule has 1 aromatic heterocycles. The second-order valence-corrected chi connectivity index (χ2v) is 10.4. The zero-order chi connectivity index (χ0) is 26.0. The number of aliphatic hydroxyl groups excluding tert-OH is 1. The lowest BCUT2D eigenvalue weighted by Crippen LogP contribution is -2.45. The van der Waals surface area contributed by atoms with Crippen molar-refractivity contribution in [2.24, 2.45) is 0 Å². The van der Waals surface area contributed by atoms with Gasteiger partial charge in [0.05, 0.1) is 6.10 Å². The first-order valence-corrected chi connectivity index (χ1v) is 13.9. The number of piperazine rings is 1. The highest BCUT2D eigenvalue weighted by Gasteiger charge is 2.23. The van der Waals surface area contributed by atoms with Crippen molar-refractivity contribution in [3.63, 3.8) is 0 Å². The fourth-order valence-corrected chi connectivity index (χ4v) is 4.85. The molecule has 2 fully saturated rings. The number of nitrogens with zero attached hydrogens (tertiary/aromatic N) is 4. The van der Waals surface area contributed by atoms with Crippen molar-refractivity contribution < 1.29 is 9.90 Å². The fraction of sp³-hybridized carbons (Fsp3) is 0.607. The molecule has 1 aliphatic heterocycles. The van der Waals surface area contributed by atoms with Gasteiger partial charge in [-0.25, -0.2) is 4.98 Å². The minimum Gasteiger partial charge on any atom is -0.393 e. The summed E-state index contributed by atoms with van der Waals surface area (Å²) in [5.74, 6) is 0.827. The van der Waals surface area contributed by atoms with Gasteiger partial charge in [-0.1, -0.05) is 25.5 Å². The second-order valence-electron chi connectivity index (χ2n) is 10.4. The Kier molecular flexibility index (Phi) is 10.1. The van der Waals surface area contributed by atoms with Crippen LogP contribution in [0.4, 0.5) is 17.5 Å². The van der Waals surface area contributed by atoms with Crippen molar-refractivity contribution >= 4 is 23.4 Å². The number of aliphatic hydroxyl groups is 1. The summed E-state index contributed by atoms with van der Waals surface area (Å²) in [5, 5.41) is 19.6. The lowest BCUT2D eigenvalue weighted by atomic mass is 9.93. The Morgan fingerprint density at radius 2 is 1.81 bits per heavy atom. The van der Waals surface area contributed by atoms with E-state index in [1.54, 1.807) is 6.20 Å². The maximum Gasteiger partial charge on any atom is 0.260 e. The molecule has 1 aliphatic carbocycles. The zero-order valence-corrected chi connectivity index (χ0v) is 22.4. The summed E-state index contributed by atoms with van der Waals surface area (Å²) in [7, 11) is 2.18. The van der Waals surface area contributed by atoms with Crippen LogP contribution in [-0.2, 0) is 6.42 Å². The molecular formula is C28H43N7O2. The van der Waals surface area contributed by atoms with Crippen LogP contribution in [0.2, 0.25) is 0 Å². The third-order valence-corrected chi connectivity index (χ3v) is 7.41. The largest absolute Gasteiger partial charge is 0.393 e. The number of hydrogen-bond donors (Lipinski definition) is 4. The van der Waals surface area contributed by atoms with Crippen LogP contribution in [-0.4, -0.2) is 89.2 Å². The molecule has 2 aliphatic rings. The Labute approximate surface area is 221 Å². The van der Waals surface area contributed by atoms with E-state index in [0.29, 0.717) is 17.3 Å². The minimum absolute atomic E-state index is 0.174. The number of likely N-dealkylation sites (N-methyl/N-ethyl adjacent to an activating group) is 1. The SMILES string of the molecule is CCCCNc1ncc(C(=O)Nc2ccc(CCN3CCN(C)CC3)cc2)c(NC2CCC(O)CC2)n1. The summed E-state index contributed by atoms with van der Waals surface area (Å²) >= 11 is 0. The van der Waals surface area contributed by atoms with E-state index in [0.717, 1.165) is 89.9 Å². The van der Waals surface area contributed by atoms with Crippen molar-refractivity contribution in [1.82, 2.24) is 19.8 Å². The van der Waals surface area contributed by atoms with E-state index in [9.17, 15) is 9.90 Å². The molecule has 1 amide bonds. The van der Waals surface area contributed by atoms with Crippen LogP contribution in [0.5, 0.6) is 0 Å². The van der Waals surface area contributed by atoms with E-state index < -0.39 is 0 Å². The number of benzene rings is 1. The van der Waals surface area contributed by atoms with Crippen LogP contribution < -0.4 is 16.0 Å².